The number of hydrogen-bond donors (Lipinski definition) is 0. The van der Waals surface area contributed by atoms with E-state index in [1.807, 2.05) is 6.07 Å². The molecule has 0 aliphatic rings. The number of pyridine rings is 1. The molecule has 0 aromatic carbocycles. The normalized spacial score (nSPS) is 9.87. The molecule has 2 aromatic rings. The van der Waals surface area contributed by atoms with Crippen LogP contribution in [0.2, 0.25) is 0 Å². The maximum Gasteiger partial charge on any atom is 0.245 e. The van der Waals surface area contributed by atoms with Crippen molar-refractivity contribution in [1.29, 1.82) is 5.26 Å². The first-order valence-electron chi connectivity index (χ1n) is 4.20. The van der Waals surface area contributed by atoms with E-state index in [0.29, 0.717) is 28.7 Å². The summed E-state index contributed by atoms with van der Waals surface area (Å²) in [6, 6.07) is 5.33. The van der Waals surface area contributed by atoms with Crippen LogP contribution in [-0.4, -0.2) is 9.97 Å². The molecule has 74 valence electrons. The molecule has 0 atom stereocenters. The van der Waals surface area contributed by atoms with Gasteiger partial charge in [-0.2, -0.15) is 5.26 Å². The van der Waals surface area contributed by atoms with Gasteiger partial charge in [-0.15, -0.1) is 11.6 Å². The Morgan fingerprint density at radius 1 is 1.47 bits per heavy atom. The molecule has 0 amide bonds. The summed E-state index contributed by atoms with van der Waals surface area (Å²) in [5.41, 5.74) is 1.76. The Hall–Kier alpha value is -1.86. The van der Waals surface area contributed by atoms with Gasteiger partial charge in [0.2, 0.25) is 5.89 Å². The van der Waals surface area contributed by atoms with Crippen molar-refractivity contribution in [3.63, 3.8) is 0 Å². The fourth-order valence-electron chi connectivity index (χ4n) is 1.07. The zero-order valence-corrected chi connectivity index (χ0v) is 8.40. The van der Waals surface area contributed by atoms with E-state index >= 15 is 0 Å². The number of halogens is 1. The average Bonchev–Trinajstić information content (AvgIpc) is 2.78. The smallest absolute Gasteiger partial charge is 0.245 e. The summed E-state index contributed by atoms with van der Waals surface area (Å²) < 4.78 is 5.17. The molecular formula is C10H6ClN3O. The number of nitriles is 1. The maximum absolute atomic E-state index is 8.59. The number of aromatic nitrogens is 2. The van der Waals surface area contributed by atoms with Crippen molar-refractivity contribution in [2.24, 2.45) is 0 Å². The number of alkyl halides is 1. The summed E-state index contributed by atoms with van der Waals surface area (Å²) in [6.07, 6.45) is 2.96. The van der Waals surface area contributed by atoms with E-state index in [0.717, 1.165) is 0 Å². The highest BCUT2D eigenvalue weighted by molar-refractivity contribution is 6.16. The minimum absolute atomic E-state index is 0.305. The largest absolute Gasteiger partial charge is 0.443 e. The fourth-order valence-corrected chi connectivity index (χ4v) is 1.20. The zero-order chi connectivity index (χ0) is 10.7. The van der Waals surface area contributed by atoms with E-state index in [1.165, 1.54) is 12.5 Å². The Morgan fingerprint density at radius 3 is 2.87 bits per heavy atom. The van der Waals surface area contributed by atoms with Crippen LogP contribution in [0, 0.1) is 11.3 Å². The van der Waals surface area contributed by atoms with Crippen LogP contribution in [0.5, 0.6) is 0 Å². The third-order valence-corrected chi connectivity index (χ3v) is 2.07. The first-order chi connectivity index (χ1) is 7.33. The minimum atomic E-state index is 0.305. The lowest BCUT2D eigenvalue weighted by Gasteiger charge is -1.93. The predicted molar refractivity (Wildman–Crippen MR) is 54.0 cm³/mol. The Labute approximate surface area is 91.1 Å². The summed E-state index contributed by atoms with van der Waals surface area (Å²) in [7, 11) is 0. The maximum atomic E-state index is 8.59. The Morgan fingerprint density at radius 2 is 2.33 bits per heavy atom. The van der Waals surface area contributed by atoms with Gasteiger partial charge < -0.3 is 4.42 Å². The fraction of sp³-hybridized carbons (Fsp3) is 0.100. The molecule has 5 heteroatoms. The zero-order valence-electron chi connectivity index (χ0n) is 7.64. The molecule has 15 heavy (non-hydrogen) atoms. The van der Waals surface area contributed by atoms with Crippen LogP contribution < -0.4 is 0 Å². The molecule has 0 N–H and O–H groups in total. The van der Waals surface area contributed by atoms with E-state index in [9.17, 15) is 0 Å². The second-order valence-corrected chi connectivity index (χ2v) is 3.09. The van der Waals surface area contributed by atoms with Crippen molar-refractivity contribution in [2.45, 2.75) is 5.88 Å². The molecule has 0 saturated carbocycles. The van der Waals surface area contributed by atoms with Crippen LogP contribution in [0.4, 0.5) is 0 Å². The molecule has 2 heterocycles. The van der Waals surface area contributed by atoms with Gasteiger partial charge >= 0.3 is 0 Å². The van der Waals surface area contributed by atoms with Gasteiger partial charge in [-0.3, -0.25) is 0 Å². The highest BCUT2D eigenvalue weighted by Gasteiger charge is 2.06. The Bertz CT molecular complexity index is 498. The number of nitrogens with zero attached hydrogens (tertiary/aromatic N) is 3. The van der Waals surface area contributed by atoms with Crippen molar-refractivity contribution >= 4 is 11.6 Å². The van der Waals surface area contributed by atoms with Gasteiger partial charge in [0.1, 0.15) is 18.0 Å². The number of rotatable bonds is 2. The van der Waals surface area contributed by atoms with Gasteiger partial charge in [-0.25, -0.2) is 9.97 Å². The van der Waals surface area contributed by atoms with Crippen LogP contribution in [0.3, 0.4) is 0 Å². The monoisotopic (exact) mass is 219 g/mol. The first-order valence-corrected chi connectivity index (χ1v) is 4.74. The summed E-state index contributed by atoms with van der Waals surface area (Å²) in [6.45, 7) is 0. The molecular weight excluding hydrogens is 214 g/mol. The lowest BCUT2D eigenvalue weighted by Crippen LogP contribution is -1.85. The van der Waals surface area contributed by atoms with E-state index in [-0.39, 0.29) is 0 Å². The van der Waals surface area contributed by atoms with E-state index in [1.54, 1.807) is 12.1 Å². The SMILES string of the molecule is N#Cc1ccc(-c2nc(CCl)co2)nc1. The van der Waals surface area contributed by atoms with Crippen LogP contribution in [0.15, 0.2) is 29.0 Å². The molecule has 2 aromatic heterocycles. The molecule has 0 bridgehead atoms. The number of oxazole rings is 1. The second-order valence-electron chi connectivity index (χ2n) is 2.82. The first kappa shape index (κ1) is 9.69. The minimum Gasteiger partial charge on any atom is -0.443 e. The Kier molecular flexibility index (Phi) is 2.66. The summed E-state index contributed by atoms with van der Waals surface area (Å²) in [5.74, 6) is 0.718. The van der Waals surface area contributed by atoms with Gasteiger partial charge in [0, 0.05) is 6.20 Å². The summed E-state index contributed by atoms with van der Waals surface area (Å²) in [5, 5.41) is 8.59. The van der Waals surface area contributed by atoms with Crippen molar-refractivity contribution in [3.05, 3.63) is 35.9 Å². The predicted octanol–water partition coefficient (Wildman–Crippen LogP) is 2.35. The van der Waals surface area contributed by atoms with E-state index in [2.05, 4.69) is 9.97 Å². The molecule has 0 saturated heterocycles. The molecule has 0 aliphatic carbocycles. The van der Waals surface area contributed by atoms with Gasteiger partial charge in [0.05, 0.1) is 17.1 Å². The Balaban J connectivity index is 2.33. The van der Waals surface area contributed by atoms with Crippen LogP contribution in [0.25, 0.3) is 11.6 Å². The standard InChI is InChI=1S/C10H6ClN3O/c11-3-8-6-15-10(14-8)9-2-1-7(4-12)5-13-9/h1-2,5-6H,3H2. The van der Waals surface area contributed by atoms with Gasteiger partial charge in [0.15, 0.2) is 0 Å². The van der Waals surface area contributed by atoms with Gasteiger partial charge in [-0.1, -0.05) is 0 Å². The van der Waals surface area contributed by atoms with E-state index < -0.39 is 0 Å². The highest BCUT2D eigenvalue weighted by Crippen LogP contribution is 2.16. The lowest BCUT2D eigenvalue weighted by molar-refractivity contribution is 0.571. The summed E-state index contributed by atoms with van der Waals surface area (Å²) >= 11 is 5.59. The van der Waals surface area contributed by atoms with Crippen LogP contribution in [0.1, 0.15) is 11.3 Å². The lowest BCUT2D eigenvalue weighted by atomic mass is 10.3. The quantitative estimate of drug-likeness (QED) is 0.728. The molecule has 0 unspecified atom stereocenters. The van der Waals surface area contributed by atoms with Crippen molar-refractivity contribution in [2.75, 3.05) is 0 Å². The second kappa shape index (κ2) is 4.11. The third-order valence-electron chi connectivity index (χ3n) is 1.80. The molecule has 2 rings (SSSR count). The average molecular weight is 220 g/mol. The highest BCUT2D eigenvalue weighted by atomic mass is 35.5. The molecule has 0 aliphatic heterocycles. The molecule has 0 spiro atoms. The summed E-state index contributed by atoms with van der Waals surface area (Å²) in [4.78, 5) is 8.16. The van der Waals surface area contributed by atoms with Crippen LogP contribution >= 0.6 is 11.6 Å². The van der Waals surface area contributed by atoms with E-state index in [4.69, 9.17) is 21.3 Å². The molecule has 0 radical (unpaired) electrons. The van der Waals surface area contributed by atoms with Crippen molar-refractivity contribution < 1.29 is 4.42 Å². The van der Waals surface area contributed by atoms with Crippen LogP contribution in [-0.2, 0) is 5.88 Å². The third kappa shape index (κ3) is 1.97. The van der Waals surface area contributed by atoms with Crippen molar-refractivity contribution in [3.8, 4) is 17.7 Å². The molecule has 0 fully saturated rings. The van der Waals surface area contributed by atoms with Crippen molar-refractivity contribution in [1.82, 2.24) is 9.97 Å². The van der Waals surface area contributed by atoms with Gasteiger partial charge in [0.25, 0.3) is 0 Å². The number of hydrogen-bond acceptors (Lipinski definition) is 4. The van der Waals surface area contributed by atoms with Gasteiger partial charge in [-0.05, 0) is 12.1 Å². The topological polar surface area (TPSA) is 62.7 Å². The molecule has 4 nitrogen and oxygen atoms in total.